The Morgan fingerprint density at radius 1 is 1.04 bits per heavy atom. The molecule has 3 atom stereocenters. The average Bonchev–Trinajstić information content (AvgIpc) is 2.91. The predicted octanol–water partition coefficient (Wildman–Crippen LogP) is 3.60. The van der Waals surface area contributed by atoms with Crippen LogP contribution in [0.25, 0.3) is 0 Å². The third kappa shape index (κ3) is 4.10. The Morgan fingerprint density at radius 3 is 2.31 bits per heavy atom. The molecule has 3 saturated carbocycles. The van der Waals surface area contributed by atoms with Gasteiger partial charge in [0.15, 0.2) is 0 Å². The summed E-state index contributed by atoms with van der Waals surface area (Å²) in [5.41, 5.74) is 0. The number of rotatable bonds is 4. The van der Waals surface area contributed by atoms with Crippen LogP contribution in [0.1, 0.15) is 71.1 Å². The first-order valence-electron chi connectivity index (χ1n) is 9.94. The second-order valence-electron chi connectivity index (χ2n) is 8.92. The zero-order valence-corrected chi connectivity index (χ0v) is 16.2. The van der Waals surface area contributed by atoms with E-state index in [1.165, 1.54) is 25.7 Å². The third-order valence-corrected chi connectivity index (χ3v) is 7.37. The van der Waals surface area contributed by atoms with Crippen molar-refractivity contribution < 1.29 is 31.7 Å². The van der Waals surface area contributed by atoms with E-state index in [9.17, 15) is 8.42 Å². The molecule has 4 aliphatic rings. The van der Waals surface area contributed by atoms with Gasteiger partial charge in [-0.25, -0.2) is 4.18 Å². The fraction of sp³-hybridized carbons (Fsp3) is 1.00. The van der Waals surface area contributed by atoms with Crippen molar-refractivity contribution in [2.45, 2.75) is 82.7 Å². The maximum atomic E-state index is 10.7. The quantitative estimate of drug-likeness (QED) is 0.579. The molecular weight excluding hydrogens is 360 g/mol. The Labute approximate surface area is 155 Å². The molecule has 1 N–H and O–H groups in total. The van der Waals surface area contributed by atoms with Crippen LogP contribution in [0.2, 0.25) is 0 Å². The summed E-state index contributed by atoms with van der Waals surface area (Å²) in [6, 6.07) is 0. The highest BCUT2D eigenvalue weighted by molar-refractivity contribution is 7.80. The highest BCUT2D eigenvalue weighted by Gasteiger charge is 2.56. The molecule has 0 radical (unpaired) electrons. The van der Waals surface area contributed by atoms with Crippen molar-refractivity contribution in [2.75, 3.05) is 6.61 Å². The summed E-state index contributed by atoms with van der Waals surface area (Å²) < 4.78 is 41.1. The van der Waals surface area contributed by atoms with Crippen LogP contribution in [0, 0.1) is 23.7 Å². The van der Waals surface area contributed by atoms with Crippen LogP contribution in [0.4, 0.5) is 0 Å². The van der Waals surface area contributed by atoms with Gasteiger partial charge in [0.05, 0.1) is 6.61 Å². The zero-order chi connectivity index (χ0) is 18.4. The predicted molar refractivity (Wildman–Crippen MR) is 92.0 cm³/mol. The van der Waals surface area contributed by atoms with Crippen molar-refractivity contribution in [1.82, 2.24) is 0 Å². The van der Waals surface area contributed by atoms with Crippen molar-refractivity contribution in [3.63, 3.8) is 0 Å². The second-order valence-corrected chi connectivity index (χ2v) is 10.0. The molecule has 8 heteroatoms. The number of fused-ring (bicyclic) bond motifs is 2. The molecule has 1 aliphatic heterocycles. The molecule has 2 unspecified atom stereocenters. The number of hydrogen-bond acceptors (Lipinski definition) is 6. The van der Waals surface area contributed by atoms with Gasteiger partial charge in [0.1, 0.15) is 0 Å². The Hall–Kier alpha value is -0.250. The van der Waals surface area contributed by atoms with Crippen LogP contribution in [-0.4, -0.2) is 31.2 Å². The Balaban J connectivity index is 1.33. The first-order valence-corrected chi connectivity index (χ1v) is 11.3. The van der Waals surface area contributed by atoms with Crippen molar-refractivity contribution in [3.05, 3.63) is 0 Å². The summed E-state index contributed by atoms with van der Waals surface area (Å²) in [6.07, 6.45) is 10.4. The van der Waals surface area contributed by atoms with Gasteiger partial charge < -0.3 is 4.74 Å². The lowest BCUT2D eigenvalue weighted by atomic mass is 9.66. The summed E-state index contributed by atoms with van der Waals surface area (Å²) >= 11 is 0. The molecule has 150 valence electrons. The molecule has 1 saturated heterocycles. The first kappa shape index (κ1) is 19.1. The molecule has 0 amide bonds. The standard InChI is InChI=1S/C18H30O7S/c1-17(16-10-14-3-2-4-15(9-14)11-16)23-18(25-24-17)7-5-13(6-8-18)12-22-26(19,20)21/h13-16H,2-12H2,1H3,(H,19,20,21)/t13?,14?,15?,16?,17-,18?/m0/s1. The lowest BCUT2D eigenvalue weighted by Gasteiger charge is -2.44. The molecule has 26 heavy (non-hydrogen) atoms. The lowest BCUT2D eigenvalue weighted by Crippen LogP contribution is -2.45. The van der Waals surface area contributed by atoms with Crippen molar-refractivity contribution in [3.8, 4) is 0 Å². The van der Waals surface area contributed by atoms with E-state index in [1.54, 1.807) is 0 Å². The maximum Gasteiger partial charge on any atom is 0.397 e. The van der Waals surface area contributed by atoms with Crippen LogP contribution in [-0.2, 0) is 29.1 Å². The van der Waals surface area contributed by atoms with Crippen LogP contribution in [0.5, 0.6) is 0 Å². The number of ether oxygens (including phenoxy) is 1. The average molecular weight is 390 g/mol. The second kappa shape index (κ2) is 6.97. The normalized spacial score (nSPS) is 46.5. The van der Waals surface area contributed by atoms with Crippen molar-refractivity contribution in [1.29, 1.82) is 0 Å². The van der Waals surface area contributed by atoms with E-state index in [1.807, 2.05) is 6.92 Å². The molecule has 2 bridgehead atoms. The van der Waals surface area contributed by atoms with Gasteiger partial charge in [0.2, 0.25) is 11.6 Å². The fourth-order valence-corrected chi connectivity index (χ4v) is 5.89. The van der Waals surface area contributed by atoms with E-state index in [0.29, 0.717) is 31.6 Å². The molecule has 0 aromatic rings. The topological polar surface area (TPSA) is 91.3 Å². The molecule has 4 fully saturated rings. The van der Waals surface area contributed by atoms with Crippen molar-refractivity contribution in [2.24, 2.45) is 23.7 Å². The van der Waals surface area contributed by atoms with Gasteiger partial charge in [-0.05, 0) is 56.8 Å². The summed E-state index contributed by atoms with van der Waals surface area (Å²) in [4.78, 5) is 11.5. The minimum absolute atomic E-state index is 0.000969. The lowest BCUT2D eigenvalue weighted by molar-refractivity contribution is -0.362. The van der Waals surface area contributed by atoms with Crippen LogP contribution in [0.3, 0.4) is 0 Å². The van der Waals surface area contributed by atoms with Gasteiger partial charge in [-0.2, -0.15) is 18.2 Å². The molecule has 3 aliphatic carbocycles. The minimum atomic E-state index is -4.38. The molecular formula is C18H30O7S. The molecule has 0 aromatic heterocycles. The molecule has 1 heterocycles. The van der Waals surface area contributed by atoms with Gasteiger partial charge in [-0.1, -0.05) is 19.3 Å². The van der Waals surface area contributed by atoms with Crippen LogP contribution < -0.4 is 0 Å². The van der Waals surface area contributed by atoms with Gasteiger partial charge in [-0.3, -0.25) is 4.55 Å². The van der Waals surface area contributed by atoms with E-state index in [2.05, 4.69) is 4.18 Å². The molecule has 1 spiro atoms. The smallest absolute Gasteiger partial charge is 0.312 e. The monoisotopic (exact) mass is 390 g/mol. The highest BCUT2D eigenvalue weighted by Crippen LogP contribution is 2.52. The van der Waals surface area contributed by atoms with Gasteiger partial charge in [0.25, 0.3) is 0 Å². The maximum absolute atomic E-state index is 10.7. The minimum Gasteiger partial charge on any atom is -0.312 e. The van der Waals surface area contributed by atoms with Crippen LogP contribution >= 0.6 is 0 Å². The third-order valence-electron chi connectivity index (χ3n) is 6.94. The van der Waals surface area contributed by atoms with Gasteiger partial charge >= 0.3 is 10.4 Å². The Bertz CT molecular complexity index is 601. The van der Waals surface area contributed by atoms with Crippen LogP contribution in [0.15, 0.2) is 0 Å². The number of hydrogen-bond donors (Lipinski definition) is 1. The Kier molecular flexibility index (Phi) is 5.12. The zero-order valence-electron chi connectivity index (χ0n) is 15.4. The van der Waals surface area contributed by atoms with E-state index in [0.717, 1.165) is 24.7 Å². The van der Waals surface area contributed by atoms with Crippen molar-refractivity contribution >= 4 is 10.4 Å². The Morgan fingerprint density at radius 2 is 1.69 bits per heavy atom. The highest BCUT2D eigenvalue weighted by atomic mass is 32.3. The fourth-order valence-electron chi connectivity index (χ4n) is 5.52. The summed E-state index contributed by atoms with van der Waals surface area (Å²) in [5, 5.41) is 0. The molecule has 0 aromatic carbocycles. The van der Waals surface area contributed by atoms with E-state index < -0.39 is 22.0 Å². The van der Waals surface area contributed by atoms with Gasteiger partial charge in [0, 0.05) is 18.8 Å². The summed E-state index contributed by atoms with van der Waals surface area (Å²) in [7, 11) is -4.38. The largest absolute Gasteiger partial charge is 0.397 e. The molecule has 7 nitrogen and oxygen atoms in total. The van der Waals surface area contributed by atoms with E-state index in [-0.39, 0.29) is 12.5 Å². The van der Waals surface area contributed by atoms with Gasteiger partial charge in [-0.15, -0.1) is 0 Å². The first-order chi connectivity index (χ1) is 12.3. The summed E-state index contributed by atoms with van der Waals surface area (Å²) in [6.45, 7) is 2.01. The SMILES string of the molecule is C[C@@]1(C2CC3CCCC(C3)C2)OOC2(CCC(COS(=O)(=O)O)CC2)O1. The van der Waals surface area contributed by atoms with E-state index >= 15 is 0 Å². The van der Waals surface area contributed by atoms with E-state index in [4.69, 9.17) is 19.1 Å². The summed E-state index contributed by atoms with van der Waals surface area (Å²) in [5.74, 6) is 0.604. The molecule has 4 rings (SSSR count).